The van der Waals surface area contributed by atoms with Crippen LogP contribution in [0.15, 0.2) is 158 Å². The zero-order valence-corrected chi connectivity index (χ0v) is 25.1. The first-order valence-corrected chi connectivity index (χ1v) is 15.9. The lowest BCUT2D eigenvalue weighted by molar-refractivity contribution is 0.766. The predicted octanol–water partition coefficient (Wildman–Crippen LogP) is 10.7. The Labute approximate surface area is 267 Å². The number of fused-ring (bicyclic) bond motifs is 12. The Balaban J connectivity index is 1.22. The van der Waals surface area contributed by atoms with E-state index in [0.29, 0.717) is 0 Å². The fraction of sp³-hybridized carbons (Fsp3) is 0.0227. The number of pyridine rings is 1. The molecule has 0 radical (unpaired) electrons. The molecule has 2 heteroatoms. The summed E-state index contributed by atoms with van der Waals surface area (Å²) in [7, 11) is 0. The number of rotatable bonds is 2. The molecule has 0 fully saturated rings. The van der Waals surface area contributed by atoms with Crippen LogP contribution >= 0.6 is 0 Å². The Morgan fingerprint density at radius 2 is 1.09 bits per heavy atom. The molecule has 2 aliphatic rings. The van der Waals surface area contributed by atoms with Crippen LogP contribution < -0.4 is 0 Å². The molecule has 214 valence electrons. The van der Waals surface area contributed by atoms with Gasteiger partial charge in [0.1, 0.15) is 5.65 Å². The van der Waals surface area contributed by atoms with E-state index in [1.165, 1.54) is 61.0 Å². The van der Waals surface area contributed by atoms with Gasteiger partial charge >= 0.3 is 0 Å². The maximum Gasteiger partial charge on any atom is 0.145 e. The Bertz CT molecular complexity index is 2480. The van der Waals surface area contributed by atoms with Crippen molar-refractivity contribution >= 4 is 34.1 Å². The lowest BCUT2D eigenvalue weighted by Crippen LogP contribution is -2.29. The minimum absolute atomic E-state index is 0.403. The second kappa shape index (κ2) is 9.50. The number of aromatic nitrogens is 2. The summed E-state index contributed by atoms with van der Waals surface area (Å²) in [6.07, 6.45) is 6.45. The summed E-state index contributed by atoms with van der Waals surface area (Å²) in [5.74, 6) is 0. The summed E-state index contributed by atoms with van der Waals surface area (Å²) in [5, 5.41) is 2.37. The van der Waals surface area contributed by atoms with Crippen LogP contribution in [0.4, 0.5) is 0 Å². The van der Waals surface area contributed by atoms with Gasteiger partial charge in [0.2, 0.25) is 0 Å². The first kappa shape index (κ1) is 25.3. The largest absolute Gasteiger partial charge is 0.294 e. The van der Waals surface area contributed by atoms with Gasteiger partial charge in [-0.05, 0) is 98.1 Å². The Kier molecular flexibility index (Phi) is 5.24. The normalized spacial score (nSPS) is 13.7. The van der Waals surface area contributed by atoms with Crippen molar-refractivity contribution in [3.63, 3.8) is 0 Å². The molecule has 46 heavy (non-hydrogen) atoms. The van der Waals surface area contributed by atoms with E-state index in [1.807, 2.05) is 12.3 Å². The van der Waals surface area contributed by atoms with Gasteiger partial charge < -0.3 is 0 Å². The van der Waals surface area contributed by atoms with Crippen LogP contribution in [0, 0.1) is 0 Å². The average molecular weight is 585 g/mol. The zero-order valence-electron chi connectivity index (χ0n) is 25.1. The first-order chi connectivity index (χ1) is 22.8. The van der Waals surface area contributed by atoms with Crippen LogP contribution in [-0.4, -0.2) is 9.55 Å². The highest BCUT2D eigenvalue weighted by Gasteiger charge is 2.48. The Morgan fingerprint density at radius 3 is 1.87 bits per heavy atom. The Hall–Kier alpha value is -5.99. The second-order valence-electron chi connectivity index (χ2n) is 12.3. The molecule has 2 aliphatic carbocycles. The van der Waals surface area contributed by atoms with Crippen molar-refractivity contribution in [2.45, 2.75) is 5.41 Å². The number of nitrogens with zero attached hydrogens (tertiary/aromatic N) is 2. The molecule has 0 saturated carbocycles. The summed E-state index contributed by atoms with van der Waals surface area (Å²) in [6, 6.07) is 55.6. The van der Waals surface area contributed by atoms with Crippen molar-refractivity contribution in [3.05, 3.63) is 191 Å². The third-order valence-electron chi connectivity index (χ3n) is 10.1. The predicted molar refractivity (Wildman–Crippen MR) is 190 cm³/mol. The van der Waals surface area contributed by atoms with Gasteiger partial charge in [0.05, 0.1) is 10.9 Å². The lowest BCUT2D eigenvalue weighted by atomic mass is 9.66. The zero-order chi connectivity index (χ0) is 30.2. The van der Waals surface area contributed by atoms with Crippen LogP contribution in [0.3, 0.4) is 0 Å². The lowest BCUT2D eigenvalue weighted by Gasteiger charge is -2.35. The van der Waals surface area contributed by atoms with Crippen LogP contribution in [0.25, 0.3) is 62.0 Å². The quantitative estimate of drug-likeness (QED) is 0.198. The number of para-hydroxylation sites is 1. The molecule has 6 aromatic carbocycles. The van der Waals surface area contributed by atoms with Gasteiger partial charge in [0.15, 0.2) is 0 Å². The van der Waals surface area contributed by atoms with Gasteiger partial charge in [-0.15, -0.1) is 0 Å². The highest BCUT2D eigenvalue weighted by atomic mass is 15.0. The Morgan fingerprint density at radius 1 is 0.457 bits per heavy atom. The van der Waals surface area contributed by atoms with E-state index in [1.54, 1.807) is 0 Å². The molecule has 0 atom stereocenters. The highest BCUT2D eigenvalue weighted by Crippen LogP contribution is 2.58. The van der Waals surface area contributed by atoms with Gasteiger partial charge in [0.25, 0.3) is 0 Å². The molecule has 10 rings (SSSR count). The number of hydrogen-bond acceptors (Lipinski definition) is 1. The highest BCUT2D eigenvalue weighted by molar-refractivity contribution is 6.09. The minimum atomic E-state index is -0.403. The topological polar surface area (TPSA) is 17.8 Å². The smallest absolute Gasteiger partial charge is 0.145 e. The molecule has 0 amide bonds. The molecular weight excluding hydrogens is 556 g/mol. The molecule has 0 unspecified atom stereocenters. The standard InChI is InChI=1S/C44H28N2/c1-2-13-33(14-3-1)46-42-25-23-32(28-37(42)35-16-10-26-45-43(35)46)31-22-24-41-36(27-31)34-15-6-9-19-40(34)44(41)38-17-7-4-11-29(38)20-21-30-12-5-8-18-39(30)44/h1-28H. The molecule has 0 bridgehead atoms. The van der Waals surface area contributed by atoms with Gasteiger partial charge in [-0.1, -0.05) is 121 Å². The van der Waals surface area contributed by atoms with Crippen LogP contribution in [0.2, 0.25) is 0 Å². The molecule has 0 saturated heterocycles. The van der Waals surface area contributed by atoms with Crippen LogP contribution in [0.5, 0.6) is 0 Å². The molecule has 0 aliphatic heterocycles. The molecule has 8 aromatic rings. The van der Waals surface area contributed by atoms with Gasteiger partial charge in [0, 0.05) is 22.7 Å². The molecule has 1 spiro atoms. The van der Waals surface area contributed by atoms with Crippen molar-refractivity contribution in [3.8, 4) is 27.9 Å². The van der Waals surface area contributed by atoms with E-state index in [4.69, 9.17) is 4.98 Å². The number of hydrogen-bond donors (Lipinski definition) is 0. The maximum atomic E-state index is 4.82. The van der Waals surface area contributed by atoms with Crippen molar-refractivity contribution < 1.29 is 0 Å². The summed E-state index contributed by atoms with van der Waals surface area (Å²) in [6.45, 7) is 0. The summed E-state index contributed by atoms with van der Waals surface area (Å²) < 4.78 is 2.27. The van der Waals surface area contributed by atoms with Crippen molar-refractivity contribution in [1.29, 1.82) is 0 Å². The summed E-state index contributed by atoms with van der Waals surface area (Å²) in [4.78, 5) is 4.82. The third-order valence-corrected chi connectivity index (χ3v) is 10.1. The molecular formula is C44H28N2. The van der Waals surface area contributed by atoms with Gasteiger partial charge in [-0.2, -0.15) is 0 Å². The molecule has 2 aromatic heterocycles. The van der Waals surface area contributed by atoms with E-state index in [-0.39, 0.29) is 0 Å². The van der Waals surface area contributed by atoms with Crippen molar-refractivity contribution in [1.82, 2.24) is 9.55 Å². The monoisotopic (exact) mass is 584 g/mol. The summed E-state index contributed by atoms with van der Waals surface area (Å²) in [5.41, 5.74) is 15.7. The van der Waals surface area contributed by atoms with E-state index in [2.05, 4.69) is 162 Å². The summed E-state index contributed by atoms with van der Waals surface area (Å²) >= 11 is 0. The van der Waals surface area contributed by atoms with Crippen LogP contribution in [0.1, 0.15) is 33.4 Å². The number of benzene rings is 6. The fourth-order valence-electron chi connectivity index (χ4n) is 8.20. The minimum Gasteiger partial charge on any atom is -0.294 e. The van der Waals surface area contributed by atoms with Crippen LogP contribution in [-0.2, 0) is 5.41 Å². The first-order valence-electron chi connectivity index (χ1n) is 15.9. The molecule has 2 heterocycles. The second-order valence-corrected chi connectivity index (χ2v) is 12.3. The van der Waals surface area contributed by atoms with E-state index >= 15 is 0 Å². The van der Waals surface area contributed by atoms with Crippen molar-refractivity contribution in [2.75, 3.05) is 0 Å². The van der Waals surface area contributed by atoms with E-state index in [9.17, 15) is 0 Å². The average Bonchev–Trinajstić information content (AvgIpc) is 3.55. The van der Waals surface area contributed by atoms with E-state index in [0.717, 1.165) is 22.2 Å². The van der Waals surface area contributed by atoms with Gasteiger partial charge in [-0.25, -0.2) is 4.98 Å². The van der Waals surface area contributed by atoms with Crippen molar-refractivity contribution in [2.24, 2.45) is 0 Å². The fourth-order valence-corrected chi connectivity index (χ4v) is 8.20. The maximum absolute atomic E-state index is 4.82. The van der Waals surface area contributed by atoms with Gasteiger partial charge in [-0.3, -0.25) is 4.57 Å². The SMILES string of the molecule is C1=Cc2ccccc2C2(c3ccccc31)c1ccccc1-c1cc(-c3ccc4c(c3)c3cccnc3n4-c3ccccc3)ccc12. The third kappa shape index (κ3) is 3.33. The van der Waals surface area contributed by atoms with E-state index < -0.39 is 5.41 Å². The molecule has 2 nitrogen and oxygen atoms in total. The molecule has 0 N–H and O–H groups in total.